The number of carbonyl (C=O) groups is 1. The molecule has 1 heterocycles. The van der Waals surface area contributed by atoms with E-state index < -0.39 is 6.36 Å². The zero-order chi connectivity index (χ0) is 29.8. The Morgan fingerprint density at radius 2 is 1.56 bits per heavy atom. The smallest absolute Gasteiger partial charge is 0.486 e. The molecule has 0 bridgehead atoms. The van der Waals surface area contributed by atoms with Crippen LogP contribution in [0.2, 0.25) is 0 Å². The molecule has 1 N–H and O–H groups in total. The number of carbonyl (C=O) groups excluding carboxylic acids is 1. The van der Waals surface area contributed by atoms with Crippen molar-refractivity contribution in [2.45, 2.75) is 26.1 Å². The highest BCUT2D eigenvalue weighted by molar-refractivity contribution is 5.97. The molecule has 6 aromatic rings. The third-order valence-electron chi connectivity index (χ3n) is 7.02. The van der Waals surface area contributed by atoms with E-state index >= 15 is 0 Å². The van der Waals surface area contributed by atoms with Crippen LogP contribution in [0.5, 0.6) is 11.5 Å². The van der Waals surface area contributed by atoms with E-state index in [-0.39, 0.29) is 18.3 Å². The van der Waals surface area contributed by atoms with Crippen molar-refractivity contribution in [3.63, 3.8) is 0 Å². The molecule has 0 unspecified atom stereocenters. The van der Waals surface area contributed by atoms with E-state index in [4.69, 9.17) is 9.72 Å². The molecule has 6 nitrogen and oxygen atoms in total. The van der Waals surface area contributed by atoms with Crippen LogP contribution in [0.25, 0.3) is 21.8 Å². The molecule has 0 aliphatic rings. The minimum Gasteiger partial charge on any atom is -0.486 e. The van der Waals surface area contributed by atoms with Crippen LogP contribution in [-0.2, 0) is 19.7 Å². The second-order valence-corrected chi connectivity index (χ2v) is 9.93. The fourth-order valence-electron chi connectivity index (χ4n) is 4.98. The molecule has 0 spiro atoms. The van der Waals surface area contributed by atoms with Gasteiger partial charge in [0.05, 0.1) is 11.0 Å². The Labute approximate surface area is 245 Å². The number of alkyl halides is 3. The second kappa shape index (κ2) is 11.9. The summed E-state index contributed by atoms with van der Waals surface area (Å²) in [5.74, 6) is 0.747. The number of hydrogen-bond acceptors (Lipinski definition) is 4. The number of aromatic nitrogens is 2. The van der Waals surface area contributed by atoms with Gasteiger partial charge in [-0.2, -0.15) is 0 Å². The molecular weight excluding hydrogens is 555 g/mol. The molecule has 0 saturated carbocycles. The van der Waals surface area contributed by atoms with Gasteiger partial charge in [-0.25, -0.2) is 4.98 Å². The Hall–Kier alpha value is -5.31. The van der Waals surface area contributed by atoms with Crippen molar-refractivity contribution < 1.29 is 27.4 Å². The van der Waals surface area contributed by atoms with Gasteiger partial charge >= 0.3 is 6.36 Å². The molecule has 216 valence electrons. The quantitative estimate of drug-likeness (QED) is 0.191. The number of nitrogens with zero attached hydrogens (tertiary/aromatic N) is 2. The molecule has 0 radical (unpaired) electrons. The van der Waals surface area contributed by atoms with Gasteiger partial charge in [0.25, 0.3) is 5.91 Å². The SMILES string of the molecule is O=C(NCc1cccc2ccccc12)c1ccc2c(c1)nc(COc1ccccc1)n2Cc1ccc(OC(F)(F)F)cc1. The number of para-hydroxylation sites is 1. The summed E-state index contributed by atoms with van der Waals surface area (Å²) in [5, 5.41) is 5.20. The highest BCUT2D eigenvalue weighted by atomic mass is 19.4. The largest absolute Gasteiger partial charge is 0.573 e. The summed E-state index contributed by atoms with van der Waals surface area (Å²) in [5.41, 5.74) is 3.58. The molecule has 9 heteroatoms. The lowest BCUT2D eigenvalue weighted by atomic mass is 10.0. The predicted octanol–water partition coefficient (Wildman–Crippen LogP) is 7.65. The van der Waals surface area contributed by atoms with E-state index in [0.29, 0.717) is 35.7 Å². The fourth-order valence-corrected chi connectivity index (χ4v) is 4.98. The van der Waals surface area contributed by atoms with Gasteiger partial charge in [0, 0.05) is 18.7 Å². The molecule has 0 aliphatic carbocycles. The Kier molecular flexibility index (Phi) is 7.70. The van der Waals surface area contributed by atoms with Crippen molar-refractivity contribution in [2.24, 2.45) is 0 Å². The number of benzene rings is 5. The first-order valence-electron chi connectivity index (χ1n) is 13.6. The maximum Gasteiger partial charge on any atom is 0.573 e. The van der Waals surface area contributed by atoms with Crippen molar-refractivity contribution in [1.82, 2.24) is 14.9 Å². The molecular formula is C34H26F3N3O3. The van der Waals surface area contributed by atoms with E-state index in [1.165, 1.54) is 12.1 Å². The lowest BCUT2D eigenvalue weighted by Crippen LogP contribution is -2.22. The summed E-state index contributed by atoms with van der Waals surface area (Å²) in [4.78, 5) is 17.9. The van der Waals surface area contributed by atoms with E-state index in [1.807, 2.05) is 83.4 Å². The minimum absolute atomic E-state index is 0.149. The van der Waals surface area contributed by atoms with Gasteiger partial charge in [0.1, 0.15) is 23.9 Å². The van der Waals surface area contributed by atoms with Crippen molar-refractivity contribution in [3.8, 4) is 11.5 Å². The first-order valence-corrected chi connectivity index (χ1v) is 13.6. The molecule has 1 aromatic heterocycles. The van der Waals surface area contributed by atoms with Crippen LogP contribution < -0.4 is 14.8 Å². The van der Waals surface area contributed by atoms with Crippen molar-refractivity contribution in [3.05, 3.63) is 138 Å². The van der Waals surface area contributed by atoms with Crippen LogP contribution >= 0.6 is 0 Å². The van der Waals surface area contributed by atoms with E-state index in [2.05, 4.69) is 10.1 Å². The predicted molar refractivity (Wildman–Crippen MR) is 158 cm³/mol. The number of halogens is 3. The molecule has 6 rings (SSSR count). The van der Waals surface area contributed by atoms with Crippen molar-refractivity contribution in [1.29, 1.82) is 0 Å². The molecule has 0 saturated heterocycles. The van der Waals surface area contributed by atoms with Crippen LogP contribution in [0.15, 0.2) is 115 Å². The number of hydrogen-bond donors (Lipinski definition) is 1. The summed E-state index contributed by atoms with van der Waals surface area (Å²) in [7, 11) is 0. The summed E-state index contributed by atoms with van der Waals surface area (Å²) < 4.78 is 49.7. The van der Waals surface area contributed by atoms with Crippen LogP contribution in [0.3, 0.4) is 0 Å². The second-order valence-electron chi connectivity index (χ2n) is 9.93. The Morgan fingerprint density at radius 1 is 0.814 bits per heavy atom. The zero-order valence-electron chi connectivity index (χ0n) is 22.8. The summed E-state index contributed by atoms with van der Waals surface area (Å²) in [6, 6.07) is 34.3. The van der Waals surface area contributed by atoms with Gasteiger partial charge < -0.3 is 19.4 Å². The minimum atomic E-state index is -4.76. The number of rotatable bonds is 9. The lowest BCUT2D eigenvalue weighted by molar-refractivity contribution is -0.274. The van der Waals surface area contributed by atoms with Gasteiger partial charge in [0.15, 0.2) is 0 Å². The average molecular weight is 582 g/mol. The standard InChI is InChI=1S/C34H26F3N3O3/c35-34(36,37)43-28-16-13-23(14-17-28)21-40-31-18-15-25(19-30(31)39-32(40)22-42-27-10-2-1-3-11-27)33(41)38-20-26-9-6-8-24-7-4-5-12-29(24)26/h1-19H,20-22H2,(H,38,41). The maximum absolute atomic E-state index is 13.2. The molecule has 43 heavy (non-hydrogen) atoms. The number of ether oxygens (including phenoxy) is 2. The van der Waals surface area contributed by atoms with Crippen molar-refractivity contribution in [2.75, 3.05) is 0 Å². The Bertz CT molecular complexity index is 1880. The number of nitrogens with one attached hydrogen (secondary N) is 1. The molecule has 0 fully saturated rings. The third kappa shape index (κ3) is 6.62. The molecule has 1 amide bonds. The van der Waals surface area contributed by atoms with Crippen LogP contribution in [0, 0.1) is 0 Å². The first-order chi connectivity index (χ1) is 20.8. The fraction of sp³-hybridized carbons (Fsp3) is 0.118. The van der Waals surface area contributed by atoms with Gasteiger partial charge in [-0.05, 0) is 64.4 Å². The number of fused-ring (bicyclic) bond motifs is 2. The maximum atomic E-state index is 13.2. The first kappa shape index (κ1) is 27.8. The summed E-state index contributed by atoms with van der Waals surface area (Å²) in [6.07, 6.45) is -4.76. The normalized spacial score (nSPS) is 11.5. The highest BCUT2D eigenvalue weighted by Gasteiger charge is 2.31. The van der Waals surface area contributed by atoms with Crippen LogP contribution in [0.1, 0.15) is 27.3 Å². The van der Waals surface area contributed by atoms with Crippen LogP contribution in [-0.4, -0.2) is 21.8 Å². The monoisotopic (exact) mass is 581 g/mol. The highest BCUT2D eigenvalue weighted by Crippen LogP contribution is 2.25. The van der Waals surface area contributed by atoms with E-state index in [0.717, 1.165) is 27.4 Å². The van der Waals surface area contributed by atoms with Gasteiger partial charge in [-0.15, -0.1) is 13.2 Å². The molecule has 0 atom stereocenters. The topological polar surface area (TPSA) is 65.4 Å². The van der Waals surface area contributed by atoms with Crippen molar-refractivity contribution >= 4 is 27.7 Å². The average Bonchev–Trinajstić information content (AvgIpc) is 3.35. The summed E-state index contributed by atoms with van der Waals surface area (Å²) in [6.45, 7) is 0.844. The van der Waals surface area contributed by atoms with Gasteiger partial charge in [-0.3, -0.25) is 4.79 Å². The Morgan fingerprint density at radius 3 is 2.35 bits per heavy atom. The van der Waals surface area contributed by atoms with Crippen LogP contribution in [0.4, 0.5) is 13.2 Å². The van der Waals surface area contributed by atoms with Gasteiger partial charge in [0.2, 0.25) is 0 Å². The molecule has 5 aromatic carbocycles. The zero-order valence-corrected chi connectivity index (χ0v) is 22.8. The third-order valence-corrected chi connectivity index (χ3v) is 7.02. The lowest BCUT2D eigenvalue weighted by Gasteiger charge is -2.12. The summed E-state index contributed by atoms with van der Waals surface area (Å²) >= 11 is 0. The number of imidazole rings is 1. The van der Waals surface area contributed by atoms with E-state index in [9.17, 15) is 18.0 Å². The number of amides is 1. The Balaban J connectivity index is 1.25. The van der Waals surface area contributed by atoms with Gasteiger partial charge in [-0.1, -0.05) is 72.8 Å². The van der Waals surface area contributed by atoms with E-state index in [1.54, 1.807) is 24.3 Å². The molecule has 0 aliphatic heterocycles.